The van der Waals surface area contributed by atoms with Crippen molar-refractivity contribution in [2.24, 2.45) is 0 Å². The van der Waals surface area contributed by atoms with Crippen LogP contribution in [0.25, 0.3) is 0 Å². The molecule has 1 aromatic rings. The average Bonchev–Trinajstić information content (AvgIpc) is 3.21. The third-order valence-corrected chi connectivity index (χ3v) is 5.68. The Labute approximate surface area is 228 Å². The van der Waals surface area contributed by atoms with E-state index in [4.69, 9.17) is 23.7 Å². The maximum Gasteiger partial charge on any atom is 0.333 e. The summed E-state index contributed by atoms with van der Waals surface area (Å²) in [4.78, 5) is 58.2. The highest BCUT2D eigenvalue weighted by Gasteiger charge is 2.41. The fourth-order valence-corrected chi connectivity index (χ4v) is 3.63. The fraction of sp³-hybridized carbons (Fsp3) is 0.480. The van der Waals surface area contributed by atoms with Gasteiger partial charge >= 0.3 is 11.9 Å². The monoisotopic (exact) mass is 566 g/mol. The van der Waals surface area contributed by atoms with E-state index in [0.717, 1.165) is 17.1 Å². The molecule has 4 N–H and O–H groups in total. The summed E-state index contributed by atoms with van der Waals surface area (Å²) in [5.74, 6) is -3.09. The van der Waals surface area contributed by atoms with Gasteiger partial charge in [0, 0.05) is 43.7 Å². The second-order valence-electron chi connectivity index (χ2n) is 8.70. The van der Waals surface area contributed by atoms with Crippen molar-refractivity contribution in [3.05, 3.63) is 35.9 Å². The number of rotatable bonds is 14. The number of aliphatic carboxylic acids is 1. The predicted octanol–water partition coefficient (Wildman–Crippen LogP) is -1.51. The van der Waals surface area contributed by atoms with Crippen LogP contribution in [0.1, 0.15) is 18.9 Å². The number of aliphatic hydroxyl groups excluding tert-OH is 2. The molecule has 1 aromatic carbocycles. The second kappa shape index (κ2) is 14.4. The number of hydrogen-bond donors (Lipinski definition) is 4. The Morgan fingerprint density at radius 3 is 2.50 bits per heavy atom. The topological polar surface area (TPSA) is 207 Å². The fourth-order valence-electron chi connectivity index (χ4n) is 3.63. The van der Waals surface area contributed by atoms with Crippen LogP contribution in [0.4, 0.5) is 0 Å². The molecule has 2 aliphatic heterocycles. The van der Waals surface area contributed by atoms with Crippen LogP contribution in [0.3, 0.4) is 0 Å². The number of carboxylic acid groups (broad SMARTS) is 1. The van der Waals surface area contributed by atoms with E-state index in [0.29, 0.717) is 5.56 Å². The van der Waals surface area contributed by atoms with Crippen LogP contribution in [0.5, 0.6) is 11.5 Å². The normalized spacial score (nSPS) is 22.2. The summed E-state index contributed by atoms with van der Waals surface area (Å²) in [6.07, 6.45) is -3.83. The number of nitrogens with one attached hydrogen (secondary N) is 1. The highest BCUT2D eigenvalue weighted by atomic mass is 16.7. The Bertz CT molecular complexity index is 1120. The summed E-state index contributed by atoms with van der Waals surface area (Å²) in [5, 5.41) is 31.9. The maximum absolute atomic E-state index is 11.9. The lowest BCUT2D eigenvalue weighted by Gasteiger charge is -2.35. The summed E-state index contributed by atoms with van der Waals surface area (Å²) in [7, 11) is 0. The van der Waals surface area contributed by atoms with Gasteiger partial charge in [0.05, 0.1) is 19.3 Å². The van der Waals surface area contributed by atoms with Crippen molar-refractivity contribution in [3.8, 4) is 11.5 Å². The Balaban J connectivity index is 1.48. The second-order valence-corrected chi connectivity index (χ2v) is 8.70. The van der Waals surface area contributed by atoms with Gasteiger partial charge < -0.3 is 44.3 Å². The van der Waals surface area contributed by atoms with Crippen LogP contribution in [0.2, 0.25) is 0 Å². The van der Waals surface area contributed by atoms with Gasteiger partial charge in [-0.05, 0) is 12.1 Å². The first kappa shape index (κ1) is 30.5. The van der Waals surface area contributed by atoms with Gasteiger partial charge in [0.25, 0.3) is 11.8 Å². The number of hydrogen-bond acceptors (Lipinski definition) is 12. The zero-order chi connectivity index (χ0) is 29.2. The number of aliphatic hydroxyl groups is 2. The van der Waals surface area contributed by atoms with Crippen molar-refractivity contribution in [2.45, 2.75) is 44.6 Å². The molecule has 0 spiro atoms. The summed E-state index contributed by atoms with van der Waals surface area (Å²) in [6, 6.07) is 4.43. The lowest BCUT2D eigenvalue weighted by molar-refractivity contribution is -0.238. The SMILES string of the molecule is CC(=O)OCc1ccc(O[C@@H]2O[C@H](C(=O)O)C[C@H](O)[C@H]2O)cc1OCCOCCNC(=O)CN1C(=O)C=CC1=O. The molecule has 218 valence electrons. The van der Waals surface area contributed by atoms with Crippen molar-refractivity contribution in [2.75, 3.05) is 32.9 Å². The van der Waals surface area contributed by atoms with Crippen LogP contribution in [0, 0.1) is 0 Å². The maximum atomic E-state index is 11.9. The van der Waals surface area contributed by atoms with E-state index < -0.39 is 60.8 Å². The third-order valence-electron chi connectivity index (χ3n) is 5.68. The minimum atomic E-state index is -1.50. The van der Waals surface area contributed by atoms with E-state index in [2.05, 4.69) is 5.32 Å². The summed E-state index contributed by atoms with van der Waals surface area (Å²) in [5.41, 5.74) is 0.476. The first-order valence-electron chi connectivity index (χ1n) is 12.2. The molecule has 0 bridgehead atoms. The van der Waals surface area contributed by atoms with E-state index in [1.807, 2.05) is 0 Å². The number of carboxylic acids is 1. The molecule has 1 fully saturated rings. The van der Waals surface area contributed by atoms with Crippen molar-refractivity contribution in [1.82, 2.24) is 10.2 Å². The zero-order valence-corrected chi connectivity index (χ0v) is 21.5. The molecule has 0 aromatic heterocycles. The number of carbonyl (C=O) groups excluding carboxylic acids is 4. The molecule has 3 amide bonds. The van der Waals surface area contributed by atoms with Crippen LogP contribution in [0.15, 0.2) is 30.4 Å². The first-order valence-corrected chi connectivity index (χ1v) is 12.2. The highest BCUT2D eigenvalue weighted by molar-refractivity contribution is 6.14. The van der Waals surface area contributed by atoms with Crippen LogP contribution in [-0.2, 0) is 44.8 Å². The smallest absolute Gasteiger partial charge is 0.333 e. The molecule has 0 radical (unpaired) electrons. The van der Waals surface area contributed by atoms with Gasteiger partial charge in [-0.25, -0.2) is 4.79 Å². The molecule has 0 saturated carbocycles. The number of ether oxygens (including phenoxy) is 5. The van der Waals surface area contributed by atoms with Crippen LogP contribution < -0.4 is 14.8 Å². The van der Waals surface area contributed by atoms with Gasteiger partial charge in [0.2, 0.25) is 12.2 Å². The molecule has 1 saturated heterocycles. The average molecular weight is 567 g/mol. The predicted molar refractivity (Wildman–Crippen MR) is 131 cm³/mol. The van der Waals surface area contributed by atoms with E-state index in [-0.39, 0.29) is 50.9 Å². The number of amides is 3. The molecular formula is C25H30N2O13. The van der Waals surface area contributed by atoms with Crippen molar-refractivity contribution in [1.29, 1.82) is 0 Å². The molecule has 15 heteroatoms. The van der Waals surface area contributed by atoms with E-state index in [1.54, 1.807) is 0 Å². The third kappa shape index (κ3) is 8.74. The van der Waals surface area contributed by atoms with Gasteiger partial charge in [-0.2, -0.15) is 0 Å². The lowest BCUT2D eigenvalue weighted by Crippen LogP contribution is -2.52. The molecule has 15 nitrogen and oxygen atoms in total. The van der Waals surface area contributed by atoms with Gasteiger partial charge in [-0.1, -0.05) is 0 Å². The Kier molecular flexibility index (Phi) is 11.0. The number of benzene rings is 1. The van der Waals surface area contributed by atoms with Crippen molar-refractivity contribution >= 4 is 29.7 Å². The molecular weight excluding hydrogens is 536 g/mol. The van der Waals surface area contributed by atoms with E-state index in [1.165, 1.54) is 25.1 Å². The first-order chi connectivity index (χ1) is 19.0. The Morgan fingerprint density at radius 1 is 1.10 bits per heavy atom. The molecule has 3 rings (SSSR count). The van der Waals surface area contributed by atoms with Gasteiger partial charge in [0.1, 0.15) is 37.4 Å². The molecule has 2 heterocycles. The molecule has 2 aliphatic rings. The molecule has 40 heavy (non-hydrogen) atoms. The number of carbonyl (C=O) groups is 5. The Hall–Kier alpha value is -4.05. The number of imide groups is 1. The standard InChI is InChI=1S/C25H30N2O13/c1-14(28)38-13-15-2-3-16(39-25-23(33)17(29)11-19(40-25)24(34)35)10-18(15)37-9-8-36-7-6-26-20(30)12-27-21(31)4-5-22(27)32/h2-5,10,17,19,23,25,29,33H,6-9,11-13H2,1H3,(H,26,30)(H,34,35)/t17-,19-,23+,25+/m0/s1. The largest absolute Gasteiger partial charge is 0.491 e. The minimum absolute atomic E-state index is 0.0370. The van der Waals surface area contributed by atoms with Crippen molar-refractivity contribution < 1.29 is 63.0 Å². The highest BCUT2D eigenvalue weighted by Crippen LogP contribution is 2.29. The van der Waals surface area contributed by atoms with E-state index in [9.17, 15) is 39.3 Å². The van der Waals surface area contributed by atoms with Gasteiger partial charge in [-0.3, -0.25) is 24.1 Å². The summed E-state index contributed by atoms with van der Waals surface area (Å²) in [6.45, 7) is 1.11. The van der Waals surface area contributed by atoms with E-state index >= 15 is 0 Å². The molecule has 0 aliphatic carbocycles. The minimum Gasteiger partial charge on any atom is -0.491 e. The van der Waals surface area contributed by atoms with Gasteiger partial charge in [-0.15, -0.1) is 0 Å². The number of nitrogens with zero attached hydrogens (tertiary/aromatic N) is 1. The van der Waals surface area contributed by atoms with Crippen molar-refractivity contribution in [3.63, 3.8) is 0 Å². The number of esters is 1. The van der Waals surface area contributed by atoms with Gasteiger partial charge in [0.15, 0.2) is 6.10 Å². The summed E-state index contributed by atoms with van der Waals surface area (Å²) >= 11 is 0. The molecule has 0 unspecified atom stereocenters. The molecule has 4 atom stereocenters. The summed E-state index contributed by atoms with van der Waals surface area (Å²) < 4.78 is 27.0. The Morgan fingerprint density at radius 2 is 1.82 bits per heavy atom. The zero-order valence-electron chi connectivity index (χ0n) is 21.5. The van der Waals surface area contributed by atoms with Crippen LogP contribution in [-0.4, -0.2) is 107 Å². The van der Waals surface area contributed by atoms with Crippen LogP contribution >= 0.6 is 0 Å². The lowest BCUT2D eigenvalue weighted by atomic mass is 10.0. The quantitative estimate of drug-likeness (QED) is 0.115.